The highest BCUT2D eigenvalue weighted by atomic mass is 32.2. The van der Waals surface area contributed by atoms with Crippen molar-refractivity contribution in [3.05, 3.63) is 29.6 Å². The van der Waals surface area contributed by atoms with E-state index in [1.165, 1.54) is 12.1 Å². The minimum absolute atomic E-state index is 0.199. The van der Waals surface area contributed by atoms with Crippen LogP contribution < -0.4 is 0 Å². The average molecular weight is 232 g/mol. The van der Waals surface area contributed by atoms with Crippen molar-refractivity contribution in [2.75, 3.05) is 12.4 Å². The van der Waals surface area contributed by atoms with E-state index in [4.69, 9.17) is 15.3 Å². The second kappa shape index (κ2) is 6.07. The fraction of sp³-hybridized carbons (Fsp3) is 0.400. The van der Waals surface area contributed by atoms with Gasteiger partial charge in [-0.2, -0.15) is 0 Å². The summed E-state index contributed by atoms with van der Waals surface area (Å²) >= 11 is 1.09. The first-order valence-electron chi connectivity index (χ1n) is 4.49. The lowest BCUT2D eigenvalue weighted by Crippen LogP contribution is -2.14. The van der Waals surface area contributed by atoms with E-state index in [1.54, 1.807) is 6.07 Å². The van der Waals surface area contributed by atoms with Crippen molar-refractivity contribution in [2.45, 2.75) is 17.6 Å². The highest BCUT2D eigenvalue weighted by Gasteiger charge is 2.10. The Morgan fingerprint density at radius 3 is 2.67 bits per heavy atom. The van der Waals surface area contributed by atoms with Gasteiger partial charge in [0.2, 0.25) is 0 Å². The number of aliphatic hydroxyl groups excluding tert-OH is 3. The molecule has 0 saturated carbocycles. The number of halogens is 1. The Labute approximate surface area is 91.6 Å². The summed E-state index contributed by atoms with van der Waals surface area (Å²) in [6, 6.07) is 4.44. The molecule has 3 N–H and O–H groups in total. The van der Waals surface area contributed by atoms with Crippen LogP contribution in [0.25, 0.3) is 0 Å². The lowest BCUT2D eigenvalue weighted by molar-refractivity contribution is 0.113. The molecule has 0 aliphatic rings. The van der Waals surface area contributed by atoms with E-state index < -0.39 is 11.9 Å². The zero-order valence-electron chi connectivity index (χ0n) is 8.06. The van der Waals surface area contributed by atoms with Crippen LogP contribution in [0.4, 0.5) is 4.39 Å². The van der Waals surface area contributed by atoms with E-state index in [9.17, 15) is 4.39 Å². The molecule has 1 aromatic carbocycles. The predicted molar refractivity (Wildman–Crippen MR) is 56.1 cm³/mol. The van der Waals surface area contributed by atoms with Crippen molar-refractivity contribution in [2.24, 2.45) is 0 Å². The molecule has 1 unspecified atom stereocenters. The van der Waals surface area contributed by atoms with Crippen LogP contribution in [-0.2, 0) is 6.61 Å². The molecule has 15 heavy (non-hydrogen) atoms. The molecular weight excluding hydrogens is 219 g/mol. The topological polar surface area (TPSA) is 60.7 Å². The average Bonchev–Trinajstić information content (AvgIpc) is 2.26. The van der Waals surface area contributed by atoms with Gasteiger partial charge in [0.15, 0.2) is 0 Å². The lowest BCUT2D eigenvalue weighted by atomic mass is 10.2. The van der Waals surface area contributed by atoms with Gasteiger partial charge in [-0.05, 0) is 11.6 Å². The van der Waals surface area contributed by atoms with Gasteiger partial charge in [0, 0.05) is 10.6 Å². The van der Waals surface area contributed by atoms with E-state index in [2.05, 4.69) is 0 Å². The van der Waals surface area contributed by atoms with Gasteiger partial charge in [0.05, 0.1) is 19.3 Å². The maximum Gasteiger partial charge on any atom is 0.137 e. The molecule has 0 bridgehead atoms. The summed E-state index contributed by atoms with van der Waals surface area (Å²) in [4.78, 5) is 0.326. The number of rotatable bonds is 5. The highest BCUT2D eigenvalue weighted by Crippen LogP contribution is 2.26. The van der Waals surface area contributed by atoms with Crippen LogP contribution in [0.1, 0.15) is 5.56 Å². The first-order valence-corrected chi connectivity index (χ1v) is 5.47. The fourth-order valence-corrected chi connectivity index (χ4v) is 2.06. The van der Waals surface area contributed by atoms with Crippen LogP contribution >= 0.6 is 11.8 Å². The molecular formula is C10H13FO3S. The highest BCUT2D eigenvalue weighted by molar-refractivity contribution is 7.99. The summed E-state index contributed by atoms with van der Waals surface area (Å²) in [7, 11) is 0. The molecule has 1 aromatic rings. The Bertz CT molecular complexity index is 320. The molecule has 1 rings (SSSR count). The van der Waals surface area contributed by atoms with Gasteiger partial charge in [-0.15, -0.1) is 11.8 Å². The molecule has 84 valence electrons. The Morgan fingerprint density at radius 2 is 2.07 bits per heavy atom. The van der Waals surface area contributed by atoms with Crippen LogP contribution in [0, 0.1) is 5.82 Å². The smallest absolute Gasteiger partial charge is 0.137 e. The molecule has 0 radical (unpaired) electrons. The van der Waals surface area contributed by atoms with Crippen molar-refractivity contribution in [1.82, 2.24) is 0 Å². The quantitative estimate of drug-likeness (QED) is 0.656. The zero-order chi connectivity index (χ0) is 11.3. The molecule has 0 amide bonds. The van der Waals surface area contributed by atoms with E-state index in [0.29, 0.717) is 10.5 Å². The molecule has 0 aliphatic heterocycles. The third-order valence-corrected chi connectivity index (χ3v) is 3.15. The summed E-state index contributed by atoms with van der Waals surface area (Å²) < 4.78 is 13.3. The maximum absolute atomic E-state index is 13.3. The summed E-state index contributed by atoms with van der Waals surface area (Å²) in [5, 5.41) is 26.7. The molecule has 3 nitrogen and oxygen atoms in total. The van der Waals surface area contributed by atoms with Crippen molar-refractivity contribution in [1.29, 1.82) is 0 Å². The van der Waals surface area contributed by atoms with Gasteiger partial charge in [0.25, 0.3) is 0 Å². The third kappa shape index (κ3) is 3.46. The number of aliphatic hydroxyl groups is 3. The largest absolute Gasteiger partial charge is 0.394 e. The third-order valence-electron chi connectivity index (χ3n) is 1.85. The SMILES string of the molecule is OCc1cccc(F)c1SCC(O)CO. The predicted octanol–water partition coefficient (Wildman–Crippen LogP) is 0.763. The molecule has 1 atom stereocenters. The van der Waals surface area contributed by atoms with Gasteiger partial charge >= 0.3 is 0 Å². The normalized spacial score (nSPS) is 12.8. The van der Waals surface area contributed by atoms with Crippen LogP contribution in [0.5, 0.6) is 0 Å². The van der Waals surface area contributed by atoms with Crippen molar-refractivity contribution < 1.29 is 19.7 Å². The number of benzene rings is 1. The molecule has 5 heteroatoms. The fourth-order valence-electron chi connectivity index (χ4n) is 1.07. The standard InChI is InChI=1S/C10H13FO3S/c11-9-3-1-2-7(4-12)10(9)15-6-8(14)5-13/h1-3,8,12-14H,4-6H2. The van der Waals surface area contributed by atoms with Gasteiger partial charge in [0.1, 0.15) is 5.82 Å². The first-order chi connectivity index (χ1) is 7.19. The molecule has 0 fully saturated rings. The Hall–Kier alpha value is -0.620. The summed E-state index contributed by atoms with van der Waals surface area (Å²) in [6.45, 7) is -0.592. The minimum Gasteiger partial charge on any atom is -0.394 e. The minimum atomic E-state index is -0.874. The monoisotopic (exact) mass is 232 g/mol. The van der Waals surface area contributed by atoms with Crippen molar-refractivity contribution in [3.8, 4) is 0 Å². The summed E-state index contributed by atoms with van der Waals surface area (Å²) in [5.74, 6) is -0.221. The maximum atomic E-state index is 13.3. The Balaban J connectivity index is 2.74. The number of hydrogen-bond acceptors (Lipinski definition) is 4. The molecule has 0 aromatic heterocycles. The first kappa shape index (κ1) is 12.4. The lowest BCUT2D eigenvalue weighted by Gasteiger charge is -2.10. The van der Waals surface area contributed by atoms with Gasteiger partial charge in [-0.3, -0.25) is 0 Å². The van der Waals surface area contributed by atoms with Crippen LogP contribution in [0.3, 0.4) is 0 Å². The van der Waals surface area contributed by atoms with Crippen molar-refractivity contribution >= 4 is 11.8 Å². The molecule has 0 heterocycles. The Morgan fingerprint density at radius 1 is 1.33 bits per heavy atom. The molecule has 0 aliphatic carbocycles. The van der Waals surface area contributed by atoms with E-state index in [-0.39, 0.29) is 19.0 Å². The second-order valence-electron chi connectivity index (χ2n) is 3.03. The Kier molecular flexibility index (Phi) is 5.04. The molecule has 0 saturated heterocycles. The number of thioether (sulfide) groups is 1. The van der Waals surface area contributed by atoms with Gasteiger partial charge < -0.3 is 15.3 Å². The van der Waals surface area contributed by atoms with Crippen LogP contribution in [0.2, 0.25) is 0 Å². The van der Waals surface area contributed by atoms with Crippen LogP contribution in [-0.4, -0.2) is 33.8 Å². The van der Waals surface area contributed by atoms with Gasteiger partial charge in [-0.25, -0.2) is 4.39 Å². The van der Waals surface area contributed by atoms with E-state index in [1.807, 2.05) is 0 Å². The summed E-state index contributed by atoms with van der Waals surface area (Å²) in [5.41, 5.74) is 0.491. The van der Waals surface area contributed by atoms with Crippen molar-refractivity contribution in [3.63, 3.8) is 0 Å². The number of hydrogen-bond donors (Lipinski definition) is 3. The molecule has 0 spiro atoms. The summed E-state index contributed by atoms with van der Waals surface area (Å²) in [6.07, 6.45) is -0.874. The van der Waals surface area contributed by atoms with Crippen LogP contribution in [0.15, 0.2) is 23.1 Å². The van der Waals surface area contributed by atoms with E-state index >= 15 is 0 Å². The van der Waals surface area contributed by atoms with E-state index in [0.717, 1.165) is 11.8 Å². The second-order valence-corrected chi connectivity index (χ2v) is 4.06. The zero-order valence-corrected chi connectivity index (χ0v) is 8.88. The van der Waals surface area contributed by atoms with Gasteiger partial charge in [-0.1, -0.05) is 12.1 Å².